The van der Waals surface area contributed by atoms with Crippen molar-refractivity contribution in [1.29, 1.82) is 0 Å². The molecule has 0 saturated heterocycles. The summed E-state index contributed by atoms with van der Waals surface area (Å²) >= 11 is 0. The van der Waals surface area contributed by atoms with Gasteiger partial charge in [0.05, 0.1) is 5.56 Å². The molecule has 0 spiro atoms. The minimum atomic E-state index is -0.626. The van der Waals surface area contributed by atoms with E-state index >= 15 is 0 Å². The normalized spacial score (nSPS) is 16.0. The van der Waals surface area contributed by atoms with E-state index in [9.17, 15) is 14.8 Å². The molecule has 0 bridgehead atoms. The maximum Gasteiger partial charge on any atom is 0.339 e. The molecule has 1 atom stereocenters. The molecule has 2 aromatic rings. The van der Waals surface area contributed by atoms with E-state index < -0.39 is 5.97 Å². The lowest BCUT2D eigenvalue weighted by molar-refractivity contribution is -0.605. The fourth-order valence-electron chi connectivity index (χ4n) is 2.77. The van der Waals surface area contributed by atoms with Crippen LogP contribution in [0.3, 0.4) is 0 Å². The van der Waals surface area contributed by atoms with Crippen LogP contribution in [0.15, 0.2) is 48.8 Å². The van der Waals surface area contributed by atoms with E-state index in [1.807, 2.05) is 31.2 Å². The molecule has 0 saturated carbocycles. The highest BCUT2D eigenvalue weighted by Gasteiger charge is 2.31. The maximum atomic E-state index is 12.4. The Labute approximate surface area is 133 Å². The summed E-state index contributed by atoms with van der Waals surface area (Å²) in [6.07, 6.45) is 3.20. The van der Waals surface area contributed by atoms with Crippen molar-refractivity contribution in [2.45, 2.75) is 19.4 Å². The lowest BCUT2D eigenvalue weighted by Crippen LogP contribution is -2.38. The number of ether oxygens (including phenoxy) is 1. The van der Waals surface area contributed by atoms with Crippen LogP contribution < -0.4 is 9.63 Å². The topological polar surface area (TPSA) is 73.5 Å². The largest absolute Gasteiger partial charge is 0.619 e. The zero-order valence-electron chi connectivity index (χ0n) is 12.6. The van der Waals surface area contributed by atoms with Crippen LogP contribution in [0.2, 0.25) is 0 Å². The van der Waals surface area contributed by atoms with Crippen LogP contribution in [0, 0.1) is 5.21 Å². The summed E-state index contributed by atoms with van der Waals surface area (Å²) in [5.41, 5.74) is 2.22. The van der Waals surface area contributed by atoms with Gasteiger partial charge in [0.15, 0.2) is 19.0 Å². The Hall–Kier alpha value is -2.89. The molecule has 6 heteroatoms. The molecule has 3 rings (SSSR count). The number of fused-ring (bicyclic) bond motifs is 1. The van der Waals surface area contributed by atoms with Gasteiger partial charge < -0.3 is 14.8 Å². The first kappa shape index (κ1) is 15.0. The minimum Gasteiger partial charge on any atom is -0.619 e. The van der Waals surface area contributed by atoms with Gasteiger partial charge in [-0.2, -0.15) is 4.73 Å². The van der Waals surface area contributed by atoms with Crippen molar-refractivity contribution in [3.63, 3.8) is 0 Å². The molecule has 118 valence electrons. The molecular formula is C17H16N2O4. The van der Waals surface area contributed by atoms with Gasteiger partial charge in [0.25, 0.3) is 5.91 Å². The highest BCUT2D eigenvalue weighted by atomic mass is 16.5. The smallest absolute Gasteiger partial charge is 0.339 e. The number of nitrogens with zero attached hydrogens (tertiary/aromatic N) is 2. The SMILES string of the molecule is C[C@H]1Cc2ccccc2N1C(=O)COC(=O)c1cc[n+]([O-])cc1. The Balaban J connectivity index is 1.66. The van der Waals surface area contributed by atoms with Crippen molar-refractivity contribution >= 4 is 17.6 Å². The number of hydrogen-bond acceptors (Lipinski definition) is 4. The van der Waals surface area contributed by atoms with Gasteiger partial charge in [0, 0.05) is 23.9 Å². The number of carbonyl (C=O) groups is 2. The van der Waals surface area contributed by atoms with Crippen molar-refractivity contribution in [2.75, 3.05) is 11.5 Å². The number of para-hydroxylation sites is 1. The summed E-state index contributed by atoms with van der Waals surface area (Å²) in [4.78, 5) is 26.0. The third-order valence-corrected chi connectivity index (χ3v) is 3.84. The molecule has 1 aliphatic rings. The van der Waals surface area contributed by atoms with Crippen molar-refractivity contribution in [2.24, 2.45) is 0 Å². The van der Waals surface area contributed by atoms with E-state index in [0.29, 0.717) is 4.73 Å². The van der Waals surface area contributed by atoms with Crippen molar-refractivity contribution in [1.82, 2.24) is 0 Å². The van der Waals surface area contributed by atoms with Crippen LogP contribution in [0.4, 0.5) is 5.69 Å². The molecule has 23 heavy (non-hydrogen) atoms. The predicted octanol–water partition coefficient (Wildman–Crippen LogP) is 1.45. The summed E-state index contributed by atoms with van der Waals surface area (Å²) in [5, 5.41) is 10.9. The van der Waals surface area contributed by atoms with Gasteiger partial charge in [-0.25, -0.2) is 4.79 Å². The highest BCUT2D eigenvalue weighted by Crippen LogP contribution is 2.31. The zero-order chi connectivity index (χ0) is 16.4. The molecule has 1 aromatic heterocycles. The summed E-state index contributed by atoms with van der Waals surface area (Å²) in [7, 11) is 0. The first-order valence-electron chi connectivity index (χ1n) is 7.32. The van der Waals surface area contributed by atoms with Gasteiger partial charge in [0.1, 0.15) is 0 Å². The lowest BCUT2D eigenvalue weighted by Gasteiger charge is -2.22. The number of hydrogen-bond donors (Lipinski definition) is 0. The lowest BCUT2D eigenvalue weighted by atomic mass is 10.1. The molecule has 0 fully saturated rings. The molecule has 6 nitrogen and oxygen atoms in total. The third-order valence-electron chi connectivity index (χ3n) is 3.84. The highest BCUT2D eigenvalue weighted by molar-refractivity contribution is 5.99. The number of aromatic nitrogens is 1. The van der Waals surface area contributed by atoms with E-state index in [-0.39, 0.29) is 24.1 Å². The summed E-state index contributed by atoms with van der Waals surface area (Å²) in [5.74, 6) is -0.885. The predicted molar refractivity (Wildman–Crippen MR) is 82.8 cm³/mol. The number of esters is 1. The van der Waals surface area contributed by atoms with Gasteiger partial charge in [-0.1, -0.05) is 18.2 Å². The molecule has 0 unspecified atom stereocenters. The maximum absolute atomic E-state index is 12.4. The molecule has 0 N–H and O–H groups in total. The Kier molecular flexibility index (Phi) is 3.97. The summed E-state index contributed by atoms with van der Waals surface area (Å²) in [6, 6.07) is 10.5. The van der Waals surface area contributed by atoms with E-state index in [2.05, 4.69) is 0 Å². The minimum absolute atomic E-state index is 0.0368. The van der Waals surface area contributed by atoms with Gasteiger partial charge in [-0.15, -0.1) is 0 Å². The molecule has 0 aliphatic carbocycles. The first-order valence-corrected chi connectivity index (χ1v) is 7.32. The molecule has 1 aliphatic heterocycles. The Bertz CT molecular complexity index is 743. The Morgan fingerprint density at radius 3 is 2.70 bits per heavy atom. The van der Waals surface area contributed by atoms with Crippen LogP contribution >= 0.6 is 0 Å². The van der Waals surface area contributed by atoms with Crippen LogP contribution in [0.5, 0.6) is 0 Å². The number of pyridine rings is 1. The van der Waals surface area contributed by atoms with E-state index in [1.54, 1.807) is 4.90 Å². The number of benzene rings is 1. The van der Waals surface area contributed by atoms with E-state index in [1.165, 1.54) is 24.5 Å². The monoisotopic (exact) mass is 312 g/mol. The van der Waals surface area contributed by atoms with Crippen molar-refractivity contribution in [3.8, 4) is 0 Å². The van der Waals surface area contributed by atoms with Gasteiger partial charge in [0.2, 0.25) is 0 Å². The summed E-state index contributed by atoms with van der Waals surface area (Å²) < 4.78 is 5.64. The average molecular weight is 312 g/mol. The van der Waals surface area contributed by atoms with Gasteiger partial charge >= 0.3 is 5.97 Å². The van der Waals surface area contributed by atoms with Gasteiger partial charge in [-0.3, -0.25) is 4.79 Å². The summed E-state index contributed by atoms with van der Waals surface area (Å²) in [6.45, 7) is 1.63. The Morgan fingerprint density at radius 2 is 1.96 bits per heavy atom. The number of carbonyl (C=O) groups excluding carboxylic acids is 2. The Morgan fingerprint density at radius 1 is 1.26 bits per heavy atom. The molecule has 0 radical (unpaired) electrons. The average Bonchev–Trinajstić information content (AvgIpc) is 2.88. The van der Waals surface area contributed by atoms with Crippen molar-refractivity contribution in [3.05, 3.63) is 65.1 Å². The van der Waals surface area contributed by atoms with Crippen LogP contribution in [-0.2, 0) is 16.0 Å². The zero-order valence-corrected chi connectivity index (χ0v) is 12.6. The first-order chi connectivity index (χ1) is 11.1. The van der Waals surface area contributed by atoms with E-state index in [4.69, 9.17) is 4.74 Å². The molecule has 1 aromatic carbocycles. The van der Waals surface area contributed by atoms with Crippen molar-refractivity contribution < 1.29 is 19.1 Å². The second-order valence-corrected chi connectivity index (χ2v) is 5.47. The number of anilines is 1. The molecule has 2 heterocycles. The fourth-order valence-corrected chi connectivity index (χ4v) is 2.77. The van der Waals surface area contributed by atoms with Gasteiger partial charge in [-0.05, 0) is 25.0 Å². The third kappa shape index (κ3) is 3.01. The number of rotatable bonds is 3. The number of amides is 1. The van der Waals surface area contributed by atoms with E-state index in [0.717, 1.165) is 17.7 Å². The second-order valence-electron chi connectivity index (χ2n) is 5.47. The standard InChI is InChI=1S/C17H16N2O4/c1-12-10-14-4-2-3-5-15(14)19(12)16(20)11-23-17(21)13-6-8-18(22)9-7-13/h2-9,12H,10-11H2,1H3/t12-/m0/s1. The van der Waals surface area contributed by atoms with Crippen LogP contribution in [0.25, 0.3) is 0 Å². The second kappa shape index (κ2) is 6.08. The fraction of sp³-hybridized carbons (Fsp3) is 0.235. The van der Waals surface area contributed by atoms with Crippen LogP contribution in [0.1, 0.15) is 22.8 Å². The quantitative estimate of drug-likeness (QED) is 0.488. The van der Waals surface area contributed by atoms with Crippen LogP contribution in [-0.4, -0.2) is 24.5 Å². The molecular weight excluding hydrogens is 296 g/mol. The molecule has 1 amide bonds.